The lowest BCUT2D eigenvalue weighted by molar-refractivity contribution is -0.112. The summed E-state index contributed by atoms with van der Waals surface area (Å²) in [4.78, 5) is 14.7. The first-order valence-corrected chi connectivity index (χ1v) is 9.35. The molecule has 0 atom stereocenters. The minimum absolute atomic E-state index is 0.0753. The van der Waals surface area contributed by atoms with Crippen molar-refractivity contribution < 1.29 is 9.53 Å². The van der Waals surface area contributed by atoms with E-state index >= 15 is 0 Å². The number of nitrogens with zero attached hydrogens (tertiary/aromatic N) is 2. The van der Waals surface area contributed by atoms with Crippen LogP contribution in [0.1, 0.15) is 5.56 Å². The number of nitriles is 1. The number of benzene rings is 2. The number of ether oxygens (including phenoxy) is 1. The predicted molar refractivity (Wildman–Crippen MR) is 111 cm³/mol. The SMILES string of the molecule is N#C/C(=C/c1ccccc1I)C(=O)Nc1ccc(N2CCOCC2)cc1. The van der Waals surface area contributed by atoms with Gasteiger partial charge in [-0.1, -0.05) is 18.2 Å². The molecule has 3 rings (SSSR count). The summed E-state index contributed by atoms with van der Waals surface area (Å²) >= 11 is 2.18. The summed E-state index contributed by atoms with van der Waals surface area (Å²) in [5.41, 5.74) is 2.69. The Kier molecular flexibility index (Phi) is 6.26. The molecule has 0 bridgehead atoms. The molecule has 0 saturated carbocycles. The molecule has 26 heavy (non-hydrogen) atoms. The highest BCUT2D eigenvalue weighted by Crippen LogP contribution is 2.20. The maximum Gasteiger partial charge on any atom is 0.266 e. The zero-order valence-corrected chi connectivity index (χ0v) is 16.3. The number of hydrogen-bond donors (Lipinski definition) is 1. The highest BCUT2D eigenvalue weighted by molar-refractivity contribution is 14.1. The maximum absolute atomic E-state index is 12.4. The largest absolute Gasteiger partial charge is 0.378 e. The van der Waals surface area contributed by atoms with Gasteiger partial charge in [-0.15, -0.1) is 0 Å². The Bertz CT molecular complexity index is 850. The minimum atomic E-state index is -0.411. The third-order valence-corrected chi connectivity index (χ3v) is 5.05. The van der Waals surface area contributed by atoms with Crippen LogP contribution in [0.15, 0.2) is 54.1 Å². The van der Waals surface area contributed by atoms with E-state index in [4.69, 9.17) is 4.74 Å². The van der Waals surface area contributed by atoms with Crippen LogP contribution in [0.25, 0.3) is 6.08 Å². The van der Waals surface area contributed by atoms with Gasteiger partial charge in [0.2, 0.25) is 0 Å². The highest BCUT2D eigenvalue weighted by Gasteiger charge is 2.13. The lowest BCUT2D eigenvalue weighted by Gasteiger charge is -2.28. The van der Waals surface area contributed by atoms with Crippen LogP contribution in [0.2, 0.25) is 0 Å². The summed E-state index contributed by atoms with van der Waals surface area (Å²) in [6, 6.07) is 17.2. The fourth-order valence-electron chi connectivity index (χ4n) is 2.67. The summed E-state index contributed by atoms with van der Waals surface area (Å²) in [6.07, 6.45) is 1.61. The van der Waals surface area contributed by atoms with Crippen LogP contribution in [-0.2, 0) is 9.53 Å². The Morgan fingerprint density at radius 1 is 1.15 bits per heavy atom. The normalized spacial score (nSPS) is 14.6. The Balaban J connectivity index is 1.70. The van der Waals surface area contributed by atoms with Crippen LogP contribution >= 0.6 is 22.6 Å². The van der Waals surface area contributed by atoms with Crippen LogP contribution in [-0.4, -0.2) is 32.2 Å². The molecule has 1 fully saturated rings. The number of anilines is 2. The molecule has 1 amide bonds. The number of nitrogens with one attached hydrogen (secondary N) is 1. The molecule has 2 aromatic carbocycles. The number of hydrogen-bond acceptors (Lipinski definition) is 4. The van der Waals surface area contributed by atoms with Gasteiger partial charge in [-0.3, -0.25) is 4.79 Å². The Morgan fingerprint density at radius 2 is 1.85 bits per heavy atom. The summed E-state index contributed by atoms with van der Waals surface area (Å²) in [5, 5.41) is 12.1. The van der Waals surface area contributed by atoms with Crippen molar-refractivity contribution in [1.82, 2.24) is 0 Å². The molecule has 1 aliphatic heterocycles. The third kappa shape index (κ3) is 4.62. The molecule has 0 unspecified atom stereocenters. The molecular weight excluding hydrogens is 441 g/mol. The van der Waals surface area contributed by atoms with Gasteiger partial charge in [0.05, 0.1) is 13.2 Å². The van der Waals surface area contributed by atoms with E-state index in [9.17, 15) is 10.1 Å². The van der Waals surface area contributed by atoms with Crippen LogP contribution in [0.3, 0.4) is 0 Å². The molecule has 5 nitrogen and oxygen atoms in total. The van der Waals surface area contributed by atoms with Crippen molar-refractivity contribution in [3.63, 3.8) is 0 Å². The topological polar surface area (TPSA) is 65.4 Å². The molecule has 0 radical (unpaired) electrons. The number of carbonyl (C=O) groups is 1. The second-order valence-corrected chi connectivity index (χ2v) is 6.95. The first-order valence-electron chi connectivity index (χ1n) is 8.28. The third-order valence-electron chi connectivity index (χ3n) is 4.07. The van der Waals surface area contributed by atoms with Gasteiger partial charge in [-0.25, -0.2) is 0 Å². The summed E-state index contributed by atoms with van der Waals surface area (Å²) in [6.45, 7) is 3.19. The van der Waals surface area contributed by atoms with E-state index in [1.165, 1.54) is 0 Å². The van der Waals surface area contributed by atoms with Crippen LogP contribution < -0.4 is 10.2 Å². The van der Waals surface area contributed by atoms with Gasteiger partial charge in [0.15, 0.2) is 0 Å². The van der Waals surface area contributed by atoms with Crippen molar-refractivity contribution in [3.05, 3.63) is 63.2 Å². The first-order chi connectivity index (χ1) is 12.7. The lowest BCUT2D eigenvalue weighted by Crippen LogP contribution is -2.36. The van der Waals surface area contributed by atoms with Gasteiger partial charge in [-0.2, -0.15) is 5.26 Å². The van der Waals surface area contributed by atoms with Gasteiger partial charge < -0.3 is 15.0 Å². The van der Waals surface area contributed by atoms with E-state index < -0.39 is 5.91 Å². The molecule has 1 aliphatic rings. The van der Waals surface area contributed by atoms with Crippen LogP contribution in [0.4, 0.5) is 11.4 Å². The van der Waals surface area contributed by atoms with E-state index in [-0.39, 0.29) is 5.57 Å². The summed E-state index contributed by atoms with van der Waals surface area (Å²) < 4.78 is 6.34. The Hall–Kier alpha value is -2.37. The number of rotatable bonds is 4. The van der Waals surface area contributed by atoms with Gasteiger partial charge in [0, 0.05) is 28.0 Å². The van der Waals surface area contributed by atoms with E-state index in [0.29, 0.717) is 5.69 Å². The predicted octanol–water partition coefficient (Wildman–Crippen LogP) is 3.67. The van der Waals surface area contributed by atoms with Gasteiger partial charge in [-0.05, 0) is 64.6 Å². The van der Waals surface area contributed by atoms with Crippen LogP contribution in [0, 0.1) is 14.9 Å². The summed E-state index contributed by atoms with van der Waals surface area (Å²) in [7, 11) is 0. The first kappa shape index (κ1) is 18.4. The van der Waals surface area contributed by atoms with Crippen molar-refractivity contribution in [1.29, 1.82) is 5.26 Å². The van der Waals surface area contributed by atoms with E-state index in [1.54, 1.807) is 6.08 Å². The number of amides is 1. The van der Waals surface area contributed by atoms with Crippen molar-refractivity contribution in [2.75, 3.05) is 36.5 Å². The fraction of sp³-hybridized carbons (Fsp3) is 0.200. The standard InChI is InChI=1S/C20H18IN3O2/c21-19-4-2-1-3-15(19)13-16(14-22)20(25)23-17-5-7-18(8-6-17)24-9-11-26-12-10-24/h1-8,13H,9-12H2,(H,23,25)/b16-13-. The lowest BCUT2D eigenvalue weighted by atomic mass is 10.1. The van der Waals surface area contributed by atoms with E-state index in [0.717, 1.165) is 41.1 Å². The molecule has 0 aromatic heterocycles. The van der Waals surface area contributed by atoms with E-state index in [1.807, 2.05) is 54.6 Å². The van der Waals surface area contributed by atoms with Crippen molar-refractivity contribution >= 4 is 45.9 Å². The molecule has 1 saturated heterocycles. The molecule has 0 aliphatic carbocycles. The number of halogens is 1. The highest BCUT2D eigenvalue weighted by atomic mass is 127. The number of morpholine rings is 1. The van der Waals surface area contributed by atoms with Crippen molar-refractivity contribution in [2.45, 2.75) is 0 Å². The molecule has 1 N–H and O–H groups in total. The molecule has 1 heterocycles. The molecule has 132 valence electrons. The minimum Gasteiger partial charge on any atom is -0.378 e. The Morgan fingerprint density at radius 3 is 2.50 bits per heavy atom. The maximum atomic E-state index is 12.4. The Labute approximate surface area is 166 Å². The second kappa shape index (κ2) is 8.83. The molecule has 2 aromatic rings. The fourth-order valence-corrected chi connectivity index (χ4v) is 3.21. The van der Waals surface area contributed by atoms with Crippen molar-refractivity contribution in [3.8, 4) is 6.07 Å². The molecular formula is C20H18IN3O2. The average Bonchev–Trinajstić information content (AvgIpc) is 2.68. The van der Waals surface area contributed by atoms with E-state index in [2.05, 4.69) is 32.8 Å². The second-order valence-electron chi connectivity index (χ2n) is 5.79. The van der Waals surface area contributed by atoms with Gasteiger partial charge >= 0.3 is 0 Å². The van der Waals surface area contributed by atoms with Crippen molar-refractivity contribution in [2.24, 2.45) is 0 Å². The summed E-state index contributed by atoms with van der Waals surface area (Å²) in [5.74, 6) is -0.411. The molecule has 0 spiro atoms. The monoisotopic (exact) mass is 459 g/mol. The van der Waals surface area contributed by atoms with Gasteiger partial charge in [0.25, 0.3) is 5.91 Å². The zero-order chi connectivity index (χ0) is 18.4. The average molecular weight is 459 g/mol. The number of carbonyl (C=O) groups excluding carboxylic acids is 1. The zero-order valence-electron chi connectivity index (χ0n) is 14.1. The van der Waals surface area contributed by atoms with Crippen LogP contribution in [0.5, 0.6) is 0 Å². The smallest absolute Gasteiger partial charge is 0.266 e. The quantitative estimate of drug-likeness (QED) is 0.431. The molecule has 6 heteroatoms. The van der Waals surface area contributed by atoms with Gasteiger partial charge in [0.1, 0.15) is 11.6 Å².